The molecule has 0 atom stereocenters. The number of hydrogen-bond donors (Lipinski definition) is 2. The monoisotopic (exact) mass is 390 g/mol. The highest BCUT2D eigenvalue weighted by molar-refractivity contribution is 8.01. The normalized spacial score (nSPS) is 10.9. The topological polar surface area (TPSA) is 97.0 Å². The van der Waals surface area contributed by atoms with Gasteiger partial charge in [-0.05, 0) is 44.0 Å². The number of esters is 1. The Morgan fingerprint density at radius 3 is 2.85 bits per heavy atom. The molecule has 0 radical (unpaired) electrons. The van der Waals surface area contributed by atoms with E-state index in [0.717, 1.165) is 22.0 Å². The summed E-state index contributed by atoms with van der Waals surface area (Å²) in [6, 6.07) is 5.92. The third kappa shape index (κ3) is 4.23. The smallest absolute Gasteiger partial charge is 0.316 e. The quantitative estimate of drug-likeness (QED) is 0.380. The molecule has 0 saturated carbocycles. The van der Waals surface area contributed by atoms with E-state index in [-0.39, 0.29) is 17.6 Å². The van der Waals surface area contributed by atoms with Crippen LogP contribution in [0.5, 0.6) is 0 Å². The Kier molecular flexibility index (Phi) is 5.58. The Bertz CT molecular complexity index is 964. The average molecular weight is 390 g/mol. The molecule has 1 aromatic carbocycles. The van der Waals surface area contributed by atoms with Crippen LogP contribution >= 0.6 is 23.1 Å². The van der Waals surface area contributed by atoms with Gasteiger partial charge in [0.25, 0.3) is 5.91 Å². The number of carbonyl (C=O) groups excluding carboxylic acids is 2. The molecule has 0 aliphatic carbocycles. The Hall–Kier alpha value is -2.39. The molecule has 136 valence electrons. The van der Waals surface area contributed by atoms with Gasteiger partial charge in [-0.2, -0.15) is 0 Å². The van der Waals surface area contributed by atoms with Crippen LogP contribution in [0.25, 0.3) is 10.9 Å². The molecular weight excluding hydrogens is 372 g/mol. The molecule has 0 aliphatic rings. The predicted octanol–water partition coefficient (Wildman–Crippen LogP) is 3.54. The first-order chi connectivity index (χ1) is 12.5. The van der Waals surface area contributed by atoms with Gasteiger partial charge in [-0.1, -0.05) is 29.2 Å². The van der Waals surface area contributed by atoms with Crippen molar-refractivity contribution < 1.29 is 14.3 Å². The van der Waals surface area contributed by atoms with Crippen LogP contribution in [-0.4, -0.2) is 39.4 Å². The number of aromatic nitrogens is 3. The lowest BCUT2D eigenvalue weighted by molar-refractivity contribution is -0.139. The van der Waals surface area contributed by atoms with Crippen LogP contribution < -0.4 is 5.32 Å². The summed E-state index contributed by atoms with van der Waals surface area (Å²) in [4.78, 5) is 27.0. The number of aromatic amines is 1. The van der Waals surface area contributed by atoms with E-state index in [1.165, 1.54) is 23.1 Å². The van der Waals surface area contributed by atoms with Crippen molar-refractivity contribution in [1.82, 2.24) is 15.2 Å². The van der Waals surface area contributed by atoms with E-state index < -0.39 is 0 Å². The molecule has 2 heterocycles. The molecule has 0 spiro atoms. The number of hydrogen-bond acceptors (Lipinski definition) is 7. The molecule has 0 bridgehead atoms. The number of nitrogens with one attached hydrogen (secondary N) is 2. The maximum atomic E-state index is 12.5. The van der Waals surface area contributed by atoms with Gasteiger partial charge in [0.2, 0.25) is 5.13 Å². The summed E-state index contributed by atoms with van der Waals surface area (Å²) in [7, 11) is 0. The molecular formula is C17H18N4O3S2. The summed E-state index contributed by atoms with van der Waals surface area (Å²) in [5.74, 6) is -0.421. The van der Waals surface area contributed by atoms with Gasteiger partial charge in [0, 0.05) is 10.9 Å². The van der Waals surface area contributed by atoms with Crippen molar-refractivity contribution in [1.29, 1.82) is 0 Å². The molecule has 0 fully saturated rings. The van der Waals surface area contributed by atoms with E-state index in [4.69, 9.17) is 4.74 Å². The van der Waals surface area contributed by atoms with E-state index in [2.05, 4.69) is 26.6 Å². The molecule has 0 saturated heterocycles. The molecule has 0 unspecified atom stereocenters. The molecule has 1 amide bonds. The highest BCUT2D eigenvalue weighted by Gasteiger charge is 2.14. The number of anilines is 1. The molecule has 26 heavy (non-hydrogen) atoms. The van der Waals surface area contributed by atoms with Crippen LogP contribution in [0.15, 0.2) is 22.5 Å². The number of ether oxygens (including phenoxy) is 1. The van der Waals surface area contributed by atoms with Crippen molar-refractivity contribution in [3.63, 3.8) is 0 Å². The van der Waals surface area contributed by atoms with Gasteiger partial charge in [-0.15, -0.1) is 10.2 Å². The highest BCUT2D eigenvalue weighted by Crippen LogP contribution is 2.26. The largest absolute Gasteiger partial charge is 0.465 e. The van der Waals surface area contributed by atoms with Crippen molar-refractivity contribution in [2.45, 2.75) is 25.1 Å². The van der Waals surface area contributed by atoms with Crippen LogP contribution in [0.4, 0.5) is 5.13 Å². The number of H-pyrrole nitrogens is 1. The first-order valence-electron chi connectivity index (χ1n) is 7.99. The maximum absolute atomic E-state index is 12.5. The Balaban J connectivity index is 1.67. The Morgan fingerprint density at radius 2 is 2.08 bits per heavy atom. The van der Waals surface area contributed by atoms with Crippen LogP contribution in [0, 0.1) is 13.8 Å². The summed E-state index contributed by atoms with van der Waals surface area (Å²) < 4.78 is 5.46. The first-order valence-corrected chi connectivity index (χ1v) is 9.79. The molecule has 9 heteroatoms. The number of thioether (sulfide) groups is 1. The highest BCUT2D eigenvalue weighted by atomic mass is 32.2. The van der Waals surface area contributed by atoms with Gasteiger partial charge in [-0.3, -0.25) is 14.9 Å². The second-order valence-electron chi connectivity index (χ2n) is 5.65. The van der Waals surface area contributed by atoms with Gasteiger partial charge >= 0.3 is 5.97 Å². The lowest BCUT2D eigenvalue weighted by Crippen LogP contribution is -2.11. The zero-order chi connectivity index (χ0) is 18.7. The van der Waals surface area contributed by atoms with Crippen LogP contribution in [-0.2, 0) is 9.53 Å². The van der Waals surface area contributed by atoms with Crippen molar-refractivity contribution in [3.8, 4) is 0 Å². The lowest BCUT2D eigenvalue weighted by atomic mass is 10.1. The number of nitrogens with zero attached hydrogens (tertiary/aromatic N) is 2. The number of amides is 1. The average Bonchev–Trinajstić information content (AvgIpc) is 3.20. The summed E-state index contributed by atoms with van der Waals surface area (Å²) in [5, 5.41) is 12.0. The number of carbonyl (C=O) groups is 2. The number of fused-ring (bicyclic) bond motifs is 1. The van der Waals surface area contributed by atoms with Crippen molar-refractivity contribution in [2.24, 2.45) is 0 Å². The fourth-order valence-corrected chi connectivity index (χ4v) is 4.07. The SMILES string of the molecule is CCOC(=O)CSc1nnc(NC(=O)c2cc3c(C)cc(C)cc3[nH]2)s1. The van der Waals surface area contributed by atoms with Crippen LogP contribution in [0.2, 0.25) is 0 Å². The minimum absolute atomic E-state index is 0.164. The molecule has 2 N–H and O–H groups in total. The van der Waals surface area contributed by atoms with E-state index in [0.29, 0.717) is 21.8 Å². The summed E-state index contributed by atoms with van der Waals surface area (Å²) in [6.45, 7) is 6.14. The van der Waals surface area contributed by atoms with Crippen molar-refractivity contribution in [3.05, 3.63) is 35.0 Å². The van der Waals surface area contributed by atoms with Crippen molar-refractivity contribution >= 4 is 51.0 Å². The summed E-state index contributed by atoms with van der Waals surface area (Å²) in [5.41, 5.74) is 3.64. The molecule has 0 aliphatic heterocycles. The van der Waals surface area contributed by atoms with Crippen LogP contribution in [0.3, 0.4) is 0 Å². The third-order valence-electron chi connectivity index (χ3n) is 3.58. The Morgan fingerprint density at radius 1 is 1.27 bits per heavy atom. The number of benzene rings is 1. The fourth-order valence-electron chi connectivity index (χ4n) is 2.53. The molecule has 7 nitrogen and oxygen atoms in total. The second-order valence-corrected chi connectivity index (χ2v) is 7.85. The van der Waals surface area contributed by atoms with Gasteiger partial charge in [0.15, 0.2) is 4.34 Å². The Labute approximate surface area is 158 Å². The van der Waals surface area contributed by atoms with E-state index in [1.807, 2.05) is 26.0 Å². The molecule has 3 rings (SSSR count). The zero-order valence-electron chi connectivity index (χ0n) is 14.6. The van der Waals surface area contributed by atoms with E-state index in [1.54, 1.807) is 6.92 Å². The predicted molar refractivity (Wildman–Crippen MR) is 103 cm³/mol. The molecule has 3 aromatic rings. The van der Waals surface area contributed by atoms with Gasteiger partial charge < -0.3 is 9.72 Å². The third-order valence-corrected chi connectivity index (χ3v) is 5.53. The standard InChI is InChI=1S/C17H18N4O3S2/c1-4-24-14(22)8-25-17-21-20-16(26-17)19-15(23)13-7-11-10(3)5-9(2)6-12(11)18-13/h5-7,18H,4,8H2,1-3H3,(H,19,20,23). The number of rotatable bonds is 6. The van der Waals surface area contributed by atoms with E-state index >= 15 is 0 Å². The van der Waals surface area contributed by atoms with Crippen molar-refractivity contribution in [2.75, 3.05) is 17.7 Å². The number of aryl methyl sites for hydroxylation is 2. The summed E-state index contributed by atoms with van der Waals surface area (Å²) in [6.07, 6.45) is 0. The first kappa shape index (κ1) is 18.4. The lowest BCUT2D eigenvalue weighted by Gasteiger charge is -1.98. The summed E-state index contributed by atoms with van der Waals surface area (Å²) >= 11 is 2.45. The van der Waals surface area contributed by atoms with Crippen LogP contribution in [0.1, 0.15) is 28.5 Å². The fraction of sp³-hybridized carbons (Fsp3) is 0.294. The minimum atomic E-state index is -0.304. The second kappa shape index (κ2) is 7.88. The molecule has 2 aromatic heterocycles. The minimum Gasteiger partial charge on any atom is -0.465 e. The van der Waals surface area contributed by atoms with E-state index in [9.17, 15) is 9.59 Å². The van der Waals surface area contributed by atoms with Gasteiger partial charge in [0.1, 0.15) is 5.69 Å². The van der Waals surface area contributed by atoms with Gasteiger partial charge in [0.05, 0.1) is 12.4 Å². The zero-order valence-corrected chi connectivity index (χ0v) is 16.2. The maximum Gasteiger partial charge on any atom is 0.316 e. The van der Waals surface area contributed by atoms with Gasteiger partial charge in [-0.25, -0.2) is 0 Å².